The van der Waals surface area contributed by atoms with E-state index in [0.717, 1.165) is 14.9 Å². The van der Waals surface area contributed by atoms with Crippen molar-refractivity contribution < 1.29 is 23.9 Å². The Morgan fingerprint density at radius 3 is 2.56 bits per heavy atom. The van der Waals surface area contributed by atoms with Crippen molar-refractivity contribution in [3.63, 3.8) is 0 Å². The summed E-state index contributed by atoms with van der Waals surface area (Å²) >= 11 is 3.10. The summed E-state index contributed by atoms with van der Waals surface area (Å²) in [6.45, 7) is 3.49. The second-order valence-corrected chi connectivity index (χ2v) is 7.20. The molecule has 2 aromatic rings. The average molecular weight is 473 g/mol. The van der Waals surface area contributed by atoms with Crippen LogP contribution in [0.4, 0.5) is 5.00 Å². The van der Waals surface area contributed by atoms with Crippen molar-refractivity contribution in [1.82, 2.24) is 0 Å². The lowest BCUT2D eigenvalue weighted by molar-refractivity contribution is 0.0527. The summed E-state index contributed by atoms with van der Waals surface area (Å²) in [7, 11) is 1.26. The van der Waals surface area contributed by atoms with Crippen LogP contribution in [0.1, 0.15) is 42.9 Å². The van der Waals surface area contributed by atoms with E-state index in [9.17, 15) is 14.4 Å². The lowest BCUT2D eigenvalue weighted by Gasteiger charge is -2.07. The Hall–Kier alpha value is -1.94. The highest BCUT2D eigenvalue weighted by molar-refractivity contribution is 14.1. The first-order valence-electron chi connectivity index (χ1n) is 7.34. The minimum Gasteiger partial charge on any atom is -0.465 e. The van der Waals surface area contributed by atoms with Crippen LogP contribution in [0.25, 0.3) is 0 Å². The van der Waals surface area contributed by atoms with E-state index >= 15 is 0 Å². The molecule has 0 saturated heterocycles. The van der Waals surface area contributed by atoms with Crippen LogP contribution in [0, 0.1) is 10.5 Å². The van der Waals surface area contributed by atoms with E-state index in [1.165, 1.54) is 7.11 Å². The molecule has 0 bridgehead atoms. The largest absolute Gasteiger partial charge is 0.465 e. The van der Waals surface area contributed by atoms with Crippen LogP contribution in [0.3, 0.4) is 0 Å². The zero-order valence-electron chi connectivity index (χ0n) is 13.8. The molecular weight excluding hydrogens is 457 g/mol. The number of halogens is 1. The second-order valence-electron chi connectivity index (χ2n) is 4.94. The molecule has 0 fully saturated rings. The maximum atomic E-state index is 12.5. The molecule has 1 aromatic heterocycles. The lowest BCUT2D eigenvalue weighted by Crippen LogP contribution is -2.15. The molecule has 1 N–H and O–H groups in total. The van der Waals surface area contributed by atoms with Crippen LogP contribution in [0.2, 0.25) is 0 Å². The van der Waals surface area contributed by atoms with E-state index < -0.39 is 11.9 Å². The number of thiophene rings is 1. The van der Waals surface area contributed by atoms with Crippen molar-refractivity contribution in [2.24, 2.45) is 0 Å². The number of anilines is 1. The molecule has 1 amide bonds. The number of rotatable bonds is 5. The fourth-order valence-corrected chi connectivity index (χ4v) is 3.79. The van der Waals surface area contributed by atoms with Gasteiger partial charge in [-0.25, -0.2) is 9.59 Å². The standard InChI is InChI=1S/C17H16INO5S/c1-4-24-16(21)12-9(2)13(17(22)23-3)25-15(12)19-14(20)10-6-5-7-11(18)8-10/h5-8H,4H2,1-3H3,(H,19,20). The number of esters is 2. The van der Waals surface area contributed by atoms with Gasteiger partial charge in [-0.3, -0.25) is 4.79 Å². The number of hydrogen-bond acceptors (Lipinski definition) is 6. The summed E-state index contributed by atoms with van der Waals surface area (Å²) in [5.41, 5.74) is 1.05. The molecule has 25 heavy (non-hydrogen) atoms. The summed E-state index contributed by atoms with van der Waals surface area (Å²) in [6, 6.07) is 7.03. The van der Waals surface area contributed by atoms with Gasteiger partial charge in [0, 0.05) is 9.13 Å². The van der Waals surface area contributed by atoms with Crippen molar-refractivity contribution in [2.45, 2.75) is 13.8 Å². The Labute approximate surface area is 162 Å². The number of carbonyl (C=O) groups excluding carboxylic acids is 3. The van der Waals surface area contributed by atoms with Crippen LogP contribution in [-0.4, -0.2) is 31.6 Å². The van der Waals surface area contributed by atoms with Crippen molar-refractivity contribution >= 4 is 56.8 Å². The molecule has 0 spiro atoms. The summed E-state index contributed by atoms with van der Waals surface area (Å²) in [5, 5.41) is 2.97. The first-order valence-corrected chi connectivity index (χ1v) is 9.24. The van der Waals surface area contributed by atoms with Crippen molar-refractivity contribution in [1.29, 1.82) is 0 Å². The molecule has 1 aromatic carbocycles. The third-order valence-electron chi connectivity index (χ3n) is 3.31. The van der Waals surface area contributed by atoms with Gasteiger partial charge in [-0.2, -0.15) is 0 Å². The predicted molar refractivity (Wildman–Crippen MR) is 103 cm³/mol. The summed E-state index contributed by atoms with van der Waals surface area (Å²) in [4.78, 5) is 36.9. The fraction of sp³-hybridized carbons (Fsp3) is 0.235. The monoisotopic (exact) mass is 473 g/mol. The highest BCUT2D eigenvalue weighted by Gasteiger charge is 2.27. The van der Waals surface area contributed by atoms with Gasteiger partial charge in [0.1, 0.15) is 9.88 Å². The number of nitrogens with one attached hydrogen (secondary N) is 1. The molecule has 0 aliphatic carbocycles. The number of methoxy groups -OCH3 is 1. The molecule has 1 heterocycles. The molecule has 0 aliphatic rings. The Morgan fingerprint density at radius 2 is 1.96 bits per heavy atom. The zero-order valence-corrected chi connectivity index (χ0v) is 16.8. The first kappa shape index (κ1) is 19.4. The third-order valence-corrected chi connectivity index (χ3v) is 5.17. The Morgan fingerprint density at radius 1 is 1.24 bits per heavy atom. The van der Waals surface area contributed by atoms with E-state index in [0.29, 0.717) is 11.1 Å². The minimum atomic E-state index is -0.593. The van der Waals surface area contributed by atoms with Gasteiger partial charge in [0.15, 0.2) is 0 Å². The van der Waals surface area contributed by atoms with Gasteiger partial charge in [0.25, 0.3) is 5.91 Å². The second kappa shape index (κ2) is 8.43. The highest BCUT2D eigenvalue weighted by Crippen LogP contribution is 2.34. The molecule has 0 atom stereocenters. The number of carbonyl (C=O) groups is 3. The number of amides is 1. The third kappa shape index (κ3) is 4.37. The van der Waals surface area contributed by atoms with Gasteiger partial charge in [0.05, 0.1) is 19.3 Å². The van der Waals surface area contributed by atoms with Crippen molar-refractivity contribution in [3.8, 4) is 0 Å². The van der Waals surface area contributed by atoms with Gasteiger partial charge in [-0.05, 0) is 60.2 Å². The molecule has 2 rings (SSSR count). The van der Waals surface area contributed by atoms with Crippen LogP contribution in [-0.2, 0) is 9.47 Å². The Kier molecular flexibility index (Phi) is 6.54. The average Bonchev–Trinajstić information content (AvgIpc) is 2.90. The first-order chi connectivity index (χ1) is 11.9. The van der Waals surface area contributed by atoms with Gasteiger partial charge >= 0.3 is 11.9 Å². The van der Waals surface area contributed by atoms with E-state index in [-0.39, 0.29) is 28.0 Å². The molecule has 0 aliphatic heterocycles. The molecule has 132 valence electrons. The van der Waals surface area contributed by atoms with E-state index in [1.54, 1.807) is 32.0 Å². The summed E-state index contributed by atoms with van der Waals surface area (Å²) in [6.07, 6.45) is 0. The normalized spacial score (nSPS) is 10.2. The van der Waals surface area contributed by atoms with E-state index in [2.05, 4.69) is 27.9 Å². The maximum absolute atomic E-state index is 12.5. The Bertz CT molecular complexity index is 830. The summed E-state index contributed by atoms with van der Waals surface area (Å²) < 4.78 is 10.7. The predicted octanol–water partition coefficient (Wildman–Crippen LogP) is 3.88. The van der Waals surface area contributed by atoms with Gasteiger partial charge in [-0.15, -0.1) is 11.3 Å². The van der Waals surface area contributed by atoms with Crippen LogP contribution >= 0.6 is 33.9 Å². The van der Waals surface area contributed by atoms with Gasteiger partial charge in [0.2, 0.25) is 0 Å². The smallest absolute Gasteiger partial charge is 0.348 e. The molecule has 6 nitrogen and oxygen atoms in total. The molecule has 0 saturated carbocycles. The van der Waals surface area contributed by atoms with Crippen molar-refractivity contribution in [2.75, 3.05) is 19.0 Å². The Balaban J connectivity index is 2.43. The van der Waals surface area contributed by atoms with Crippen LogP contribution < -0.4 is 5.32 Å². The molecule has 8 heteroatoms. The zero-order chi connectivity index (χ0) is 18.6. The quantitative estimate of drug-likeness (QED) is 0.527. The highest BCUT2D eigenvalue weighted by atomic mass is 127. The van der Waals surface area contributed by atoms with E-state index in [1.807, 2.05) is 6.07 Å². The SMILES string of the molecule is CCOC(=O)c1c(NC(=O)c2cccc(I)c2)sc(C(=O)OC)c1C. The maximum Gasteiger partial charge on any atom is 0.348 e. The molecular formula is C17H16INO5S. The summed E-state index contributed by atoms with van der Waals surface area (Å²) in [5.74, 6) is -1.53. The fourth-order valence-electron chi connectivity index (χ4n) is 2.14. The number of benzene rings is 1. The van der Waals surface area contributed by atoms with Crippen molar-refractivity contribution in [3.05, 3.63) is 49.4 Å². The van der Waals surface area contributed by atoms with Crippen LogP contribution in [0.15, 0.2) is 24.3 Å². The minimum absolute atomic E-state index is 0.172. The lowest BCUT2D eigenvalue weighted by atomic mass is 10.1. The number of ether oxygens (including phenoxy) is 2. The van der Waals surface area contributed by atoms with Gasteiger partial charge < -0.3 is 14.8 Å². The van der Waals surface area contributed by atoms with E-state index in [4.69, 9.17) is 9.47 Å². The van der Waals surface area contributed by atoms with Crippen LogP contribution in [0.5, 0.6) is 0 Å². The van der Waals surface area contributed by atoms with Gasteiger partial charge in [-0.1, -0.05) is 6.07 Å². The molecule has 0 radical (unpaired) electrons. The number of hydrogen-bond donors (Lipinski definition) is 1. The molecule has 0 unspecified atom stereocenters. The topological polar surface area (TPSA) is 81.7 Å².